The van der Waals surface area contributed by atoms with Crippen LogP contribution in [0.1, 0.15) is 25.0 Å². The van der Waals surface area contributed by atoms with Gasteiger partial charge in [0.2, 0.25) is 0 Å². The Balaban J connectivity index is 1.14. The molecule has 1 aliphatic carbocycles. The molecular weight excluding hydrogens is 589 g/mol. The molecule has 0 spiro atoms. The fraction of sp³-hybridized carbons (Fsp3) is 0.0612. The van der Waals surface area contributed by atoms with Crippen LogP contribution in [0, 0.1) is 0 Å². The molecule has 0 heteroatoms. The van der Waals surface area contributed by atoms with Crippen LogP contribution in [-0.2, 0) is 5.41 Å². The molecule has 228 valence electrons. The van der Waals surface area contributed by atoms with Crippen molar-refractivity contribution >= 4 is 64.6 Å². The van der Waals surface area contributed by atoms with E-state index in [0.29, 0.717) is 0 Å². The van der Waals surface area contributed by atoms with Gasteiger partial charge in [-0.2, -0.15) is 0 Å². The predicted molar refractivity (Wildman–Crippen MR) is 211 cm³/mol. The van der Waals surface area contributed by atoms with Gasteiger partial charge in [0.05, 0.1) is 0 Å². The molecule has 0 unspecified atom stereocenters. The van der Waals surface area contributed by atoms with Gasteiger partial charge in [0, 0.05) is 5.41 Å². The van der Waals surface area contributed by atoms with Gasteiger partial charge in [-0.25, -0.2) is 0 Å². The van der Waals surface area contributed by atoms with E-state index in [4.69, 9.17) is 0 Å². The van der Waals surface area contributed by atoms with Crippen molar-refractivity contribution in [3.63, 3.8) is 0 Å². The molecule has 0 aromatic heterocycles. The standard InChI is InChI=1S/C49H32/c1-49(2)43-15-4-3-11-37(43)38-25-24-34(28-44(38)49)29-16-18-30(19-17-29)36-26-35-23-22-33-9-6-13-40-39-12-5-8-31-20-21-32-10-7-14-41(47(32)45(31)39)42(27-36)48(35)46(33)40/h3-28H,1-2H3. The first-order chi connectivity index (χ1) is 24.0. The number of hydrogen-bond donors (Lipinski definition) is 0. The lowest BCUT2D eigenvalue weighted by Crippen LogP contribution is -2.14. The number of rotatable bonds is 2. The van der Waals surface area contributed by atoms with Crippen LogP contribution in [0.5, 0.6) is 0 Å². The fourth-order valence-corrected chi connectivity index (χ4v) is 9.19. The van der Waals surface area contributed by atoms with E-state index in [1.54, 1.807) is 0 Å². The van der Waals surface area contributed by atoms with Crippen LogP contribution in [0.2, 0.25) is 0 Å². The molecule has 0 saturated heterocycles. The minimum absolute atomic E-state index is 0.0102. The lowest BCUT2D eigenvalue weighted by molar-refractivity contribution is 0.660. The summed E-state index contributed by atoms with van der Waals surface area (Å²) in [5.41, 5.74) is 10.5. The smallest absolute Gasteiger partial charge is 0.0159 e. The molecule has 0 nitrogen and oxygen atoms in total. The summed E-state index contributed by atoms with van der Waals surface area (Å²) in [4.78, 5) is 0. The van der Waals surface area contributed by atoms with Crippen LogP contribution < -0.4 is 0 Å². The van der Waals surface area contributed by atoms with Crippen LogP contribution in [0.25, 0.3) is 98.0 Å². The molecule has 0 amide bonds. The summed E-state index contributed by atoms with van der Waals surface area (Å²) in [6, 6.07) is 59.6. The summed E-state index contributed by atoms with van der Waals surface area (Å²) in [6.07, 6.45) is 0. The van der Waals surface area contributed by atoms with E-state index in [9.17, 15) is 0 Å². The minimum atomic E-state index is -0.0102. The maximum atomic E-state index is 2.45. The lowest BCUT2D eigenvalue weighted by atomic mass is 9.81. The molecule has 0 atom stereocenters. The highest BCUT2D eigenvalue weighted by atomic mass is 14.4. The Kier molecular flexibility index (Phi) is 5.27. The molecular formula is C49H32. The van der Waals surface area contributed by atoms with Crippen molar-refractivity contribution in [2.75, 3.05) is 0 Å². The van der Waals surface area contributed by atoms with Gasteiger partial charge in [-0.05, 0) is 127 Å². The summed E-state index contributed by atoms with van der Waals surface area (Å²) in [7, 11) is 0. The minimum Gasteiger partial charge on any atom is -0.0619 e. The largest absolute Gasteiger partial charge is 0.0619 e. The van der Waals surface area contributed by atoms with Gasteiger partial charge >= 0.3 is 0 Å². The van der Waals surface area contributed by atoms with Gasteiger partial charge in [0.25, 0.3) is 0 Å². The third kappa shape index (κ3) is 3.64. The third-order valence-electron chi connectivity index (χ3n) is 11.6. The van der Waals surface area contributed by atoms with Crippen LogP contribution in [0.3, 0.4) is 0 Å². The lowest BCUT2D eigenvalue weighted by Gasteiger charge is -2.22. The first-order valence-corrected chi connectivity index (χ1v) is 17.3. The second kappa shape index (κ2) is 9.56. The topological polar surface area (TPSA) is 0 Å². The Morgan fingerprint density at radius 3 is 1.43 bits per heavy atom. The predicted octanol–water partition coefficient (Wildman–Crippen LogP) is 13.7. The molecule has 0 N–H and O–H groups in total. The molecule has 10 aromatic carbocycles. The van der Waals surface area contributed by atoms with E-state index in [1.807, 2.05) is 0 Å². The second-order valence-electron chi connectivity index (χ2n) is 14.5. The highest BCUT2D eigenvalue weighted by Crippen LogP contribution is 2.50. The Morgan fingerprint density at radius 1 is 0.306 bits per heavy atom. The van der Waals surface area contributed by atoms with Crippen LogP contribution in [0.15, 0.2) is 158 Å². The molecule has 0 aliphatic heterocycles. The van der Waals surface area contributed by atoms with Gasteiger partial charge in [-0.3, -0.25) is 0 Å². The zero-order chi connectivity index (χ0) is 32.4. The van der Waals surface area contributed by atoms with Gasteiger partial charge in [0.15, 0.2) is 0 Å². The van der Waals surface area contributed by atoms with Crippen LogP contribution in [-0.4, -0.2) is 0 Å². The first kappa shape index (κ1) is 27.0. The van der Waals surface area contributed by atoms with Crippen molar-refractivity contribution in [3.8, 4) is 33.4 Å². The monoisotopic (exact) mass is 620 g/mol. The molecule has 0 fully saturated rings. The molecule has 0 heterocycles. The molecule has 0 radical (unpaired) electrons. The highest BCUT2D eigenvalue weighted by Gasteiger charge is 2.35. The maximum absolute atomic E-state index is 2.45. The average Bonchev–Trinajstić information content (AvgIpc) is 3.38. The zero-order valence-electron chi connectivity index (χ0n) is 27.5. The van der Waals surface area contributed by atoms with Gasteiger partial charge < -0.3 is 0 Å². The summed E-state index contributed by atoms with van der Waals surface area (Å²) in [5.74, 6) is 0. The molecule has 49 heavy (non-hydrogen) atoms. The Hall–Kier alpha value is -5.98. The van der Waals surface area contributed by atoms with Gasteiger partial charge in [0.1, 0.15) is 0 Å². The number of fused-ring (bicyclic) bond motifs is 5. The van der Waals surface area contributed by atoms with E-state index >= 15 is 0 Å². The average molecular weight is 621 g/mol. The maximum Gasteiger partial charge on any atom is 0.0159 e. The summed E-state index contributed by atoms with van der Waals surface area (Å²) in [5, 5.41) is 15.8. The van der Waals surface area contributed by atoms with E-state index in [-0.39, 0.29) is 5.41 Å². The molecule has 0 bridgehead atoms. The van der Waals surface area contributed by atoms with E-state index < -0.39 is 0 Å². The third-order valence-corrected chi connectivity index (χ3v) is 11.6. The first-order valence-electron chi connectivity index (χ1n) is 17.3. The highest BCUT2D eigenvalue weighted by molar-refractivity contribution is 6.37. The molecule has 1 aliphatic rings. The Bertz CT molecular complexity index is 2990. The van der Waals surface area contributed by atoms with Crippen molar-refractivity contribution in [1.29, 1.82) is 0 Å². The van der Waals surface area contributed by atoms with Crippen LogP contribution in [0.4, 0.5) is 0 Å². The van der Waals surface area contributed by atoms with Gasteiger partial charge in [-0.15, -0.1) is 0 Å². The van der Waals surface area contributed by atoms with E-state index in [0.717, 1.165) is 0 Å². The summed E-state index contributed by atoms with van der Waals surface area (Å²) < 4.78 is 0. The van der Waals surface area contributed by atoms with Crippen molar-refractivity contribution < 1.29 is 0 Å². The SMILES string of the molecule is CC1(C)c2ccccc2-c2ccc(-c3ccc(-c4cc5ccc6cccc7c8cccc9ccc%10cccc(c(c4)c5c67)c%10c98)cc3)cc21. The molecule has 11 rings (SSSR count). The second-order valence-corrected chi connectivity index (χ2v) is 14.5. The molecule has 10 aromatic rings. The van der Waals surface area contributed by atoms with Crippen molar-refractivity contribution in [2.24, 2.45) is 0 Å². The molecule has 0 saturated carbocycles. The number of hydrogen-bond acceptors (Lipinski definition) is 0. The van der Waals surface area contributed by atoms with E-state index in [1.165, 1.54) is 109 Å². The van der Waals surface area contributed by atoms with Crippen LogP contribution >= 0.6 is 0 Å². The quantitative estimate of drug-likeness (QED) is 0.169. The van der Waals surface area contributed by atoms with E-state index in [2.05, 4.69) is 172 Å². The fourth-order valence-electron chi connectivity index (χ4n) is 9.19. The van der Waals surface area contributed by atoms with Gasteiger partial charge in [-0.1, -0.05) is 153 Å². The number of benzene rings is 9. The summed E-state index contributed by atoms with van der Waals surface area (Å²) in [6.45, 7) is 4.71. The van der Waals surface area contributed by atoms with Crippen molar-refractivity contribution in [3.05, 3.63) is 169 Å². The van der Waals surface area contributed by atoms with Crippen molar-refractivity contribution in [2.45, 2.75) is 19.3 Å². The normalized spacial score (nSPS) is 13.7. The zero-order valence-corrected chi connectivity index (χ0v) is 27.5. The Morgan fingerprint density at radius 2 is 0.796 bits per heavy atom. The Labute approximate surface area is 285 Å². The summed E-state index contributed by atoms with van der Waals surface area (Å²) >= 11 is 0. The van der Waals surface area contributed by atoms with Crippen molar-refractivity contribution in [1.82, 2.24) is 0 Å².